The van der Waals surface area contributed by atoms with Gasteiger partial charge in [0.25, 0.3) is 0 Å². The third-order valence-electron chi connectivity index (χ3n) is 2.51. The van der Waals surface area contributed by atoms with E-state index in [1.165, 1.54) is 53.5 Å². The molecule has 0 N–H and O–H groups in total. The molecule has 0 nitrogen and oxygen atoms in total. The van der Waals surface area contributed by atoms with Gasteiger partial charge in [-0.1, -0.05) is 32.1 Å². The summed E-state index contributed by atoms with van der Waals surface area (Å²) < 4.78 is 0. The van der Waals surface area contributed by atoms with E-state index >= 15 is 0 Å². The normalized spacial score (nSPS) is 24.9. The molecule has 1 saturated carbocycles. The van der Waals surface area contributed by atoms with Gasteiger partial charge in [0.1, 0.15) is 0 Å². The van der Waals surface area contributed by atoms with Crippen molar-refractivity contribution in [3.8, 4) is 0 Å². The molecule has 0 saturated heterocycles. The maximum atomic E-state index is 2.37. The van der Waals surface area contributed by atoms with Gasteiger partial charge in [0.05, 0.1) is 0 Å². The van der Waals surface area contributed by atoms with Gasteiger partial charge in [-0.05, 0) is 25.2 Å². The summed E-state index contributed by atoms with van der Waals surface area (Å²) in [4.78, 5) is 0. The molecule has 1 rings (SSSR count). The lowest BCUT2D eigenvalue weighted by Crippen LogP contribution is -2.02. The highest BCUT2D eigenvalue weighted by Crippen LogP contribution is 2.28. The van der Waals surface area contributed by atoms with Gasteiger partial charge < -0.3 is 0 Å². The summed E-state index contributed by atoms with van der Waals surface area (Å²) in [5.41, 5.74) is 1.10. The van der Waals surface area contributed by atoms with Crippen LogP contribution in [-0.2, 0) is 0 Å². The molecule has 0 spiro atoms. The summed E-state index contributed by atoms with van der Waals surface area (Å²) in [7, 11) is 1.20. The first-order valence-corrected chi connectivity index (χ1v) is 6.18. The van der Waals surface area contributed by atoms with Gasteiger partial charge in [-0.15, -0.1) is 8.58 Å². The summed E-state index contributed by atoms with van der Waals surface area (Å²) in [6.07, 6.45) is 10.6. The molecule has 0 bridgehead atoms. The van der Waals surface area contributed by atoms with Crippen LogP contribution in [0, 0.1) is 0 Å². The third kappa shape index (κ3) is 3.01. The second-order valence-corrected chi connectivity index (χ2v) is 4.72. The summed E-state index contributed by atoms with van der Waals surface area (Å²) in [6.45, 7) is 2.37. The Morgan fingerprint density at radius 2 is 1.40 bits per heavy atom. The van der Waals surface area contributed by atoms with Crippen LogP contribution < -0.4 is 0 Å². The predicted molar refractivity (Wildman–Crippen MR) is 50.3 cm³/mol. The van der Waals surface area contributed by atoms with Gasteiger partial charge >= 0.3 is 0 Å². The van der Waals surface area contributed by atoms with E-state index in [-0.39, 0.29) is 0 Å². The SMILES string of the molecule is CPC1CCCCCCC1. The molecule has 1 atom stereocenters. The average Bonchev–Trinajstić information content (AvgIpc) is 1.87. The fourth-order valence-corrected chi connectivity index (χ4v) is 2.73. The molecule has 60 valence electrons. The molecule has 0 aromatic rings. The van der Waals surface area contributed by atoms with Crippen molar-refractivity contribution in [2.45, 2.75) is 50.6 Å². The topological polar surface area (TPSA) is 0 Å². The zero-order chi connectivity index (χ0) is 7.23. The monoisotopic (exact) mass is 158 g/mol. The molecule has 1 fully saturated rings. The zero-order valence-electron chi connectivity index (χ0n) is 7.03. The average molecular weight is 158 g/mol. The van der Waals surface area contributed by atoms with E-state index in [9.17, 15) is 0 Å². The first-order chi connectivity index (χ1) is 4.93. The molecule has 0 radical (unpaired) electrons. The first kappa shape index (κ1) is 8.53. The van der Waals surface area contributed by atoms with E-state index in [1.54, 1.807) is 0 Å². The Labute approximate surface area is 66.6 Å². The van der Waals surface area contributed by atoms with Gasteiger partial charge in [-0.2, -0.15) is 0 Å². The molecule has 10 heavy (non-hydrogen) atoms. The standard InChI is InChI=1S/C9H19P/c1-10-9-7-5-3-2-4-6-8-9/h9-10H,2-8H2,1H3. The van der Waals surface area contributed by atoms with E-state index in [4.69, 9.17) is 0 Å². The van der Waals surface area contributed by atoms with Crippen molar-refractivity contribution in [3.05, 3.63) is 0 Å². The fourth-order valence-electron chi connectivity index (χ4n) is 1.74. The molecule has 0 aromatic carbocycles. The lowest BCUT2D eigenvalue weighted by Gasteiger charge is -2.17. The predicted octanol–water partition coefficient (Wildman–Crippen LogP) is 3.41. The van der Waals surface area contributed by atoms with Crippen molar-refractivity contribution in [1.29, 1.82) is 0 Å². The molecule has 0 heterocycles. The van der Waals surface area contributed by atoms with Gasteiger partial charge in [-0.25, -0.2) is 0 Å². The maximum absolute atomic E-state index is 2.37. The van der Waals surface area contributed by atoms with E-state index in [1.807, 2.05) is 0 Å². The Bertz CT molecular complexity index is 72.8. The molecule has 1 unspecified atom stereocenters. The molecule has 1 heteroatoms. The van der Waals surface area contributed by atoms with Gasteiger partial charge in [-0.3, -0.25) is 0 Å². The Kier molecular flexibility index (Phi) is 4.37. The molecule has 0 aromatic heterocycles. The summed E-state index contributed by atoms with van der Waals surface area (Å²) in [5, 5.41) is 0. The van der Waals surface area contributed by atoms with E-state index in [0.29, 0.717) is 0 Å². The van der Waals surface area contributed by atoms with Crippen molar-refractivity contribution >= 4 is 8.58 Å². The maximum Gasteiger partial charge on any atom is -0.0239 e. The quantitative estimate of drug-likeness (QED) is 0.513. The Morgan fingerprint density at radius 3 is 1.90 bits per heavy atom. The van der Waals surface area contributed by atoms with Crippen LogP contribution in [-0.4, -0.2) is 12.3 Å². The highest BCUT2D eigenvalue weighted by atomic mass is 31.1. The van der Waals surface area contributed by atoms with Crippen LogP contribution in [0.3, 0.4) is 0 Å². The fraction of sp³-hybridized carbons (Fsp3) is 1.00. The van der Waals surface area contributed by atoms with Crippen molar-refractivity contribution < 1.29 is 0 Å². The summed E-state index contributed by atoms with van der Waals surface area (Å²) in [6, 6.07) is 0. The number of hydrogen-bond acceptors (Lipinski definition) is 0. The highest BCUT2D eigenvalue weighted by molar-refractivity contribution is 7.37. The van der Waals surface area contributed by atoms with Gasteiger partial charge in [0.2, 0.25) is 0 Å². The van der Waals surface area contributed by atoms with Crippen LogP contribution >= 0.6 is 8.58 Å². The van der Waals surface area contributed by atoms with Crippen molar-refractivity contribution in [3.63, 3.8) is 0 Å². The van der Waals surface area contributed by atoms with Gasteiger partial charge in [0.15, 0.2) is 0 Å². The molecule has 0 amide bonds. The van der Waals surface area contributed by atoms with Crippen LogP contribution in [0.5, 0.6) is 0 Å². The largest absolute Gasteiger partial charge is 0.122 e. The highest BCUT2D eigenvalue weighted by Gasteiger charge is 2.07. The minimum Gasteiger partial charge on any atom is -0.122 e. The Hall–Kier alpha value is 0.430. The zero-order valence-corrected chi connectivity index (χ0v) is 8.03. The van der Waals surface area contributed by atoms with E-state index in [0.717, 1.165) is 5.66 Å². The smallest absolute Gasteiger partial charge is 0.0239 e. The Balaban J connectivity index is 2.16. The summed E-state index contributed by atoms with van der Waals surface area (Å²) >= 11 is 0. The lowest BCUT2D eigenvalue weighted by atomic mass is 10.0. The van der Waals surface area contributed by atoms with Crippen LogP contribution in [0.4, 0.5) is 0 Å². The van der Waals surface area contributed by atoms with Crippen molar-refractivity contribution in [2.24, 2.45) is 0 Å². The molecular formula is C9H19P. The number of rotatable bonds is 1. The number of hydrogen-bond donors (Lipinski definition) is 0. The second-order valence-electron chi connectivity index (χ2n) is 3.33. The molecule has 1 aliphatic carbocycles. The van der Waals surface area contributed by atoms with Crippen molar-refractivity contribution in [1.82, 2.24) is 0 Å². The van der Waals surface area contributed by atoms with Gasteiger partial charge in [0, 0.05) is 0 Å². The van der Waals surface area contributed by atoms with E-state index < -0.39 is 0 Å². The summed E-state index contributed by atoms with van der Waals surface area (Å²) in [5.74, 6) is 0. The van der Waals surface area contributed by atoms with Crippen molar-refractivity contribution in [2.75, 3.05) is 6.66 Å². The Morgan fingerprint density at radius 1 is 0.900 bits per heavy atom. The van der Waals surface area contributed by atoms with E-state index in [2.05, 4.69) is 6.66 Å². The minimum absolute atomic E-state index is 1.10. The molecular weight excluding hydrogens is 139 g/mol. The van der Waals surface area contributed by atoms with Crippen LogP contribution in [0.15, 0.2) is 0 Å². The first-order valence-electron chi connectivity index (χ1n) is 4.61. The molecule has 0 aliphatic heterocycles. The molecule has 1 aliphatic rings. The van der Waals surface area contributed by atoms with Crippen LogP contribution in [0.2, 0.25) is 0 Å². The van der Waals surface area contributed by atoms with Crippen LogP contribution in [0.25, 0.3) is 0 Å². The van der Waals surface area contributed by atoms with Crippen LogP contribution in [0.1, 0.15) is 44.9 Å². The third-order valence-corrected chi connectivity index (χ3v) is 3.91. The minimum atomic E-state index is 1.10. The lowest BCUT2D eigenvalue weighted by molar-refractivity contribution is 0.511. The second kappa shape index (κ2) is 5.13.